The smallest absolute Gasteiger partial charge is 0.138 e. The molecule has 0 bridgehead atoms. The highest BCUT2D eigenvalue weighted by atomic mass is 16.3. The summed E-state index contributed by atoms with van der Waals surface area (Å²) in [6, 6.07) is 18.8. The van der Waals surface area contributed by atoms with E-state index in [1.807, 2.05) is 38.4 Å². The van der Waals surface area contributed by atoms with Crippen molar-refractivity contribution in [3.05, 3.63) is 72.1 Å². The third kappa shape index (κ3) is 3.81. The lowest BCUT2D eigenvalue weighted by molar-refractivity contribution is 0.217. The molecular weight excluding hydrogens is 348 g/mol. The molecule has 0 radical (unpaired) electrons. The summed E-state index contributed by atoms with van der Waals surface area (Å²) in [5, 5.41) is 10.2. The summed E-state index contributed by atoms with van der Waals surface area (Å²) in [4.78, 5) is 14.7. The number of aromatic nitrogens is 3. The second-order valence-electron chi connectivity index (χ2n) is 7.12. The van der Waals surface area contributed by atoms with Crippen LogP contribution < -0.4 is 0 Å². The van der Waals surface area contributed by atoms with Crippen LogP contribution in [0.3, 0.4) is 0 Å². The fourth-order valence-electron chi connectivity index (χ4n) is 3.44. The first-order chi connectivity index (χ1) is 13.6. The number of hydrogen-bond acceptors (Lipinski definition) is 4. The number of likely N-dealkylation sites (N-methyl/N-ethyl adjacent to an activating group) is 1. The number of nitrogens with one attached hydrogen (secondary N) is 1. The van der Waals surface area contributed by atoms with Gasteiger partial charge in [0.1, 0.15) is 5.65 Å². The summed E-state index contributed by atoms with van der Waals surface area (Å²) in [6.45, 7) is 3.65. The first-order valence-electron chi connectivity index (χ1n) is 9.45. The lowest BCUT2D eigenvalue weighted by Crippen LogP contribution is -2.21. The highest BCUT2D eigenvalue weighted by molar-refractivity contribution is 5.95. The molecule has 0 aliphatic heterocycles. The van der Waals surface area contributed by atoms with Crippen molar-refractivity contribution in [1.82, 2.24) is 19.9 Å². The van der Waals surface area contributed by atoms with Gasteiger partial charge in [-0.1, -0.05) is 30.3 Å². The van der Waals surface area contributed by atoms with Crippen molar-refractivity contribution >= 4 is 11.0 Å². The lowest BCUT2D eigenvalue weighted by Gasteiger charge is -2.15. The van der Waals surface area contributed by atoms with E-state index in [9.17, 15) is 0 Å². The molecule has 0 amide bonds. The highest BCUT2D eigenvalue weighted by Gasteiger charge is 2.11. The zero-order chi connectivity index (χ0) is 19.5. The Morgan fingerprint density at radius 3 is 2.57 bits per heavy atom. The van der Waals surface area contributed by atoms with E-state index >= 15 is 0 Å². The van der Waals surface area contributed by atoms with Crippen LogP contribution in [0.2, 0.25) is 0 Å². The van der Waals surface area contributed by atoms with Gasteiger partial charge in [0, 0.05) is 30.4 Å². The molecule has 0 unspecified atom stereocenters. The molecule has 1 aromatic carbocycles. The molecule has 3 heterocycles. The quantitative estimate of drug-likeness (QED) is 0.536. The van der Waals surface area contributed by atoms with Gasteiger partial charge in [-0.05, 0) is 54.9 Å². The van der Waals surface area contributed by atoms with Crippen LogP contribution >= 0.6 is 0 Å². The number of fused-ring (bicyclic) bond motifs is 1. The Morgan fingerprint density at radius 2 is 1.82 bits per heavy atom. The molecule has 0 spiro atoms. The second-order valence-corrected chi connectivity index (χ2v) is 7.12. The Labute approximate surface area is 164 Å². The fourth-order valence-corrected chi connectivity index (χ4v) is 3.44. The molecule has 5 heteroatoms. The Balaban J connectivity index is 1.73. The van der Waals surface area contributed by atoms with E-state index in [-0.39, 0.29) is 6.61 Å². The zero-order valence-corrected chi connectivity index (χ0v) is 16.2. The normalized spacial score (nSPS) is 11.4. The van der Waals surface area contributed by atoms with Gasteiger partial charge < -0.3 is 10.1 Å². The molecule has 0 fully saturated rings. The predicted molar refractivity (Wildman–Crippen MR) is 113 cm³/mol. The molecule has 4 rings (SSSR count). The third-order valence-electron chi connectivity index (χ3n) is 4.88. The van der Waals surface area contributed by atoms with Crippen LogP contribution in [0, 0.1) is 6.92 Å². The maximum absolute atomic E-state index is 9.07. The van der Waals surface area contributed by atoms with Crippen LogP contribution in [0.25, 0.3) is 33.5 Å². The van der Waals surface area contributed by atoms with Gasteiger partial charge in [0.2, 0.25) is 0 Å². The molecule has 3 aromatic heterocycles. The Kier molecular flexibility index (Phi) is 5.19. The molecule has 0 atom stereocenters. The van der Waals surface area contributed by atoms with Gasteiger partial charge >= 0.3 is 0 Å². The van der Waals surface area contributed by atoms with Crippen LogP contribution in [0.1, 0.15) is 11.3 Å². The van der Waals surface area contributed by atoms with Gasteiger partial charge in [0.25, 0.3) is 0 Å². The second kappa shape index (κ2) is 7.92. The van der Waals surface area contributed by atoms with Crippen molar-refractivity contribution in [1.29, 1.82) is 0 Å². The van der Waals surface area contributed by atoms with Crippen molar-refractivity contribution in [2.75, 3.05) is 20.2 Å². The van der Waals surface area contributed by atoms with Gasteiger partial charge in [0.05, 0.1) is 18.0 Å². The van der Waals surface area contributed by atoms with Crippen molar-refractivity contribution in [2.24, 2.45) is 0 Å². The molecule has 0 saturated heterocycles. The van der Waals surface area contributed by atoms with E-state index in [2.05, 4.69) is 51.3 Å². The minimum atomic E-state index is 0.173. The van der Waals surface area contributed by atoms with E-state index in [1.165, 1.54) is 5.56 Å². The average Bonchev–Trinajstić information content (AvgIpc) is 3.17. The molecule has 2 N–H and O–H groups in total. The molecule has 5 nitrogen and oxygen atoms in total. The topological polar surface area (TPSA) is 65.0 Å². The maximum atomic E-state index is 9.07. The number of aryl methyl sites for hydroxylation is 1. The number of pyridine rings is 2. The number of hydrogen-bond donors (Lipinski definition) is 2. The maximum Gasteiger partial charge on any atom is 0.138 e. The minimum absolute atomic E-state index is 0.173. The third-order valence-corrected chi connectivity index (χ3v) is 4.88. The molecule has 28 heavy (non-hydrogen) atoms. The number of rotatable bonds is 6. The monoisotopic (exact) mass is 372 g/mol. The largest absolute Gasteiger partial charge is 0.395 e. The van der Waals surface area contributed by atoms with Crippen LogP contribution in [-0.2, 0) is 6.54 Å². The summed E-state index contributed by atoms with van der Waals surface area (Å²) in [5.41, 5.74) is 7.08. The zero-order valence-electron chi connectivity index (χ0n) is 16.2. The van der Waals surface area contributed by atoms with Crippen molar-refractivity contribution < 1.29 is 5.11 Å². The molecule has 0 saturated carbocycles. The highest BCUT2D eigenvalue weighted by Crippen LogP contribution is 2.31. The summed E-state index contributed by atoms with van der Waals surface area (Å²) in [5.74, 6) is 0. The van der Waals surface area contributed by atoms with Crippen LogP contribution in [0.5, 0.6) is 0 Å². The number of benzene rings is 1. The number of aliphatic hydroxyl groups is 1. The lowest BCUT2D eigenvalue weighted by atomic mass is 10.0. The van der Waals surface area contributed by atoms with Crippen LogP contribution in [-0.4, -0.2) is 45.2 Å². The molecule has 4 aromatic rings. The Hall–Kier alpha value is -3.02. The van der Waals surface area contributed by atoms with Gasteiger partial charge in [-0.25, -0.2) is 4.98 Å². The molecule has 0 aliphatic rings. The average molecular weight is 372 g/mol. The van der Waals surface area contributed by atoms with E-state index in [0.29, 0.717) is 6.54 Å². The fraction of sp³-hybridized carbons (Fsp3) is 0.217. The Bertz CT molecular complexity index is 1090. The Morgan fingerprint density at radius 1 is 1.00 bits per heavy atom. The van der Waals surface area contributed by atoms with Crippen LogP contribution in [0.15, 0.2) is 60.8 Å². The number of nitrogens with zero attached hydrogens (tertiary/aromatic N) is 3. The van der Waals surface area contributed by atoms with Gasteiger partial charge in [-0.15, -0.1) is 0 Å². The van der Waals surface area contributed by atoms with E-state index < -0.39 is 0 Å². The molecular formula is C23H24N4O. The molecule has 0 aliphatic carbocycles. The number of H-pyrrole nitrogens is 1. The van der Waals surface area contributed by atoms with E-state index in [1.54, 1.807) is 0 Å². The van der Waals surface area contributed by atoms with E-state index in [4.69, 9.17) is 10.1 Å². The SMILES string of the molecule is Cc1cccc(-c2cc(-c3ccc(CN(C)CCO)cc3)c3cc[nH]c3n2)n1. The first-order valence-corrected chi connectivity index (χ1v) is 9.45. The van der Waals surface area contributed by atoms with Crippen molar-refractivity contribution in [3.8, 4) is 22.5 Å². The summed E-state index contributed by atoms with van der Waals surface area (Å²) in [6.07, 6.45) is 1.92. The van der Waals surface area contributed by atoms with Crippen LogP contribution in [0.4, 0.5) is 0 Å². The minimum Gasteiger partial charge on any atom is -0.395 e. The predicted octanol–water partition coefficient (Wildman–Crippen LogP) is 4.02. The van der Waals surface area contributed by atoms with Crippen molar-refractivity contribution in [2.45, 2.75) is 13.5 Å². The summed E-state index contributed by atoms with van der Waals surface area (Å²) < 4.78 is 0. The van der Waals surface area contributed by atoms with Gasteiger partial charge in [-0.2, -0.15) is 0 Å². The van der Waals surface area contributed by atoms with E-state index in [0.717, 1.165) is 45.8 Å². The van der Waals surface area contributed by atoms with Crippen molar-refractivity contribution in [3.63, 3.8) is 0 Å². The van der Waals surface area contributed by atoms with Gasteiger partial charge in [-0.3, -0.25) is 9.88 Å². The molecule has 142 valence electrons. The summed E-state index contributed by atoms with van der Waals surface area (Å²) in [7, 11) is 2.01. The number of aliphatic hydroxyl groups excluding tert-OH is 1. The van der Waals surface area contributed by atoms with Gasteiger partial charge in [0.15, 0.2) is 0 Å². The standard InChI is InChI=1S/C23H24N4O/c1-16-4-3-5-21(25-16)22-14-20(19-10-11-24-23(19)26-22)18-8-6-17(7-9-18)15-27(2)12-13-28/h3-11,14,28H,12-13,15H2,1-2H3,(H,24,26). The first kappa shape index (κ1) is 18.3. The number of aromatic amines is 1. The summed E-state index contributed by atoms with van der Waals surface area (Å²) >= 11 is 0.